The van der Waals surface area contributed by atoms with Crippen LogP contribution in [0.25, 0.3) is 0 Å². The molecule has 0 saturated carbocycles. The van der Waals surface area contributed by atoms with Gasteiger partial charge in [-0.05, 0) is 58.1 Å². The van der Waals surface area contributed by atoms with E-state index in [1.165, 1.54) is 5.56 Å². The first kappa shape index (κ1) is 16.5. The summed E-state index contributed by atoms with van der Waals surface area (Å²) < 4.78 is 0. The first-order valence-electron chi connectivity index (χ1n) is 7.09. The van der Waals surface area contributed by atoms with Crippen molar-refractivity contribution >= 4 is 11.6 Å². The molecule has 0 aliphatic rings. The first-order chi connectivity index (χ1) is 8.93. The summed E-state index contributed by atoms with van der Waals surface area (Å²) in [6.45, 7) is 7.74. The zero-order chi connectivity index (χ0) is 14.5. The van der Waals surface area contributed by atoms with Crippen molar-refractivity contribution in [1.29, 1.82) is 0 Å². The Morgan fingerprint density at radius 1 is 1.21 bits per heavy atom. The van der Waals surface area contributed by atoms with Crippen molar-refractivity contribution in [3.8, 4) is 0 Å². The topological polar surface area (TPSA) is 15.3 Å². The Balaban J connectivity index is 2.91. The van der Waals surface area contributed by atoms with Gasteiger partial charge in [-0.15, -0.1) is 0 Å². The van der Waals surface area contributed by atoms with E-state index < -0.39 is 0 Å². The van der Waals surface area contributed by atoms with Crippen LogP contribution in [-0.2, 0) is 6.42 Å². The maximum absolute atomic E-state index is 5.95. The van der Waals surface area contributed by atoms with Crippen LogP contribution >= 0.6 is 11.6 Å². The van der Waals surface area contributed by atoms with Crippen LogP contribution in [0.5, 0.6) is 0 Å². The van der Waals surface area contributed by atoms with E-state index in [9.17, 15) is 0 Å². The van der Waals surface area contributed by atoms with Crippen molar-refractivity contribution in [2.75, 3.05) is 20.6 Å². The lowest BCUT2D eigenvalue weighted by molar-refractivity contribution is 0.113. The third kappa shape index (κ3) is 4.20. The highest BCUT2D eigenvalue weighted by Crippen LogP contribution is 2.24. The van der Waals surface area contributed by atoms with Crippen LogP contribution in [0, 0.1) is 0 Å². The molecule has 0 saturated heterocycles. The highest BCUT2D eigenvalue weighted by Gasteiger charge is 2.34. The summed E-state index contributed by atoms with van der Waals surface area (Å²) in [5, 5.41) is 4.44. The van der Waals surface area contributed by atoms with E-state index in [1.807, 2.05) is 12.1 Å². The van der Waals surface area contributed by atoms with Crippen LogP contribution in [0.2, 0.25) is 5.02 Å². The Bertz CT molecular complexity index is 375. The minimum atomic E-state index is 0.148. The lowest BCUT2D eigenvalue weighted by atomic mass is 9.84. The molecule has 3 heteroatoms. The van der Waals surface area contributed by atoms with Gasteiger partial charge in [-0.3, -0.25) is 0 Å². The maximum atomic E-state index is 5.95. The molecule has 0 fully saturated rings. The molecule has 0 bridgehead atoms. The zero-order valence-corrected chi connectivity index (χ0v) is 13.6. The number of rotatable bonds is 7. The van der Waals surface area contributed by atoms with Gasteiger partial charge in [0.25, 0.3) is 0 Å². The molecule has 2 unspecified atom stereocenters. The Hall–Kier alpha value is -0.570. The summed E-state index contributed by atoms with van der Waals surface area (Å²) in [5.41, 5.74) is 1.48. The molecule has 0 spiro atoms. The van der Waals surface area contributed by atoms with E-state index in [0.717, 1.165) is 24.4 Å². The predicted molar refractivity (Wildman–Crippen MR) is 85.0 cm³/mol. The van der Waals surface area contributed by atoms with Gasteiger partial charge in [0.05, 0.1) is 0 Å². The molecular weight excluding hydrogens is 256 g/mol. The molecule has 0 aromatic heterocycles. The Morgan fingerprint density at radius 3 is 2.21 bits per heavy atom. The maximum Gasteiger partial charge on any atom is 0.0406 e. The molecule has 19 heavy (non-hydrogen) atoms. The number of nitrogens with zero attached hydrogens (tertiary/aromatic N) is 1. The number of hydrogen-bond acceptors (Lipinski definition) is 2. The van der Waals surface area contributed by atoms with Gasteiger partial charge in [0, 0.05) is 16.6 Å². The van der Waals surface area contributed by atoms with Gasteiger partial charge in [-0.1, -0.05) is 37.6 Å². The molecule has 1 aromatic rings. The second kappa shape index (κ2) is 7.28. The van der Waals surface area contributed by atoms with Gasteiger partial charge in [-0.2, -0.15) is 0 Å². The van der Waals surface area contributed by atoms with Crippen molar-refractivity contribution in [3.63, 3.8) is 0 Å². The highest BCUT2D eigenvalue weighted by molar-refractivity contribution is 6.30. The molecule has 2 nitrogen and oxygen atoms in total. The lowest BCUT2D eigenvalue weighted by Crippen LogP contribution is -2.57. The second-order valence-electron chi connectivity index (χ2n) is 5.55. The van der Waals surface area contributed by atoms with Gasteiger partial charge in [0.2, 0.25) is 0 Å². The minimum Gasteiger partial charge on any atom is -0.312 e. The van der Waals surface area contributed by atoms with Crippen LogP contribution in [-0.4, -0.2) is 37.1 Å². The van der Waals surface area contributed by atoms with Crippen LogP contribution in [0.3, 0.4) is 0 Å². The molecule has 108 valence electrons. The van der Waals surface area contributed by atoms with E-state index in [0.29, 0.717) is 6.04 Å². The van der Waals surface area contributed by atoms with Gasteiger partial charge in [0.15, 0.2) is 0 Å². The second-order valence-corrected chi connectivity index (χ2v) is 5.98. The van der Waals surface area contributed by atoms with Gasteiger partial charge < -0.3 is 10.2 Å². The van der Waals surface area contributed by atoms with Crippen molar-refractivity contribution in [3.05, 3.63) is 34.9 Å². The fourth-order valence-electron chi connectivity index (χ4n) is 2.49. The molecule has 1 rings (SSSR count). The normalized spacial score (nSPS) is 16.4. The zero-order valence-electron chi connectivity index (χ0n) is 12.8. The first-order valence-corrected chi connectivity index (χ1v) is 7.47. The van der Waals surface area contributed by atoms with Crippen LogP contribution in [0.15, 0.2) is 24.3 Å². The molecule has 0 aliphatic carbocycles. The van der Waals surface area contributed by atoms with E-state index in [4.69, 9.17) is 11.6 Å². The summed E-state index contributed by atoms with van der Waals surface area (Å²) in [4.78, 5) is 2.33. The Kier molecular flexibility index (Phi) is 6.31. The van der Waals surface area contributed by atoms with Gasteiger partial charge in [-0.25, -0.2) is 0 Å². The Morgan fingerprint density at radius 2 is 1.79 bits per heavy atom. The van der Waals surface area contributed by atoms with Gasteiger partial charge in [0.1, 0.15) is 0 Å². The molecule has 0 radical (unpaired) electrons. The number of likely N-dealkylation sites (N-methyl/N-ethyl adjacent to an activating group) is 2. The summed E-state index contributed by atoms with van der Waals surface area (Å²) in [6.07, 6.45) is 2.14. The van der Waals surface area contributed by atoms with E-state index >= 15 is 0 Å². The van der Waals surface area contributed by atoms with Crippen molar-refractivity contribution in [2.45, 2.75) is 45.2 Å². The smallest absolute Gasteiger partial charge is 0.0406 e. The molecule has 0 amide bonds. The highest BCUT2D eigenvalue weighted by atomic mass is 35.5. The third-order valence-electron chi connectivity index (χ3n) is 4.29. The lowest BCUT2D eigenvalue weighted by Gasteiger charge is -2.43. The van der Waals surface area contributed by atoms with E-state index in [2.05, 4.69) is 57.2 Å². The quantitative estimate of drug-likeness (QED) is 0.822. The average Bonchev–Trinajstić information content (AvgIpc) is 2.39. The fraction of sp³-hybridized carbons (Fsp3) is 0.625. The van der Waals surface area contributed by atoms with Crippen molar-refractivity contribution < 1.29 is 0 Å². The molecule has 1 aromatic carbocycles. The molecule has 0 heterocycles. The monoisotopic (exact) mass is 282 g/mol. The van der Waals surface area contributed by atoms with Gasteiger partial charge >= 0.3 is 0 Å². The van der Waals surface area contributed by atoms with Crippen LogP contribution in [0.4, 0.5) is 0 Å². The predicted octanol–water partition coefficient (Wildman–Crippen LogP) is 3.59. The summed E-state index contributed by atoms with van der Waals surface area (Å²) in [7, 11) is 4.32. The van der Waals surface area contributed by atoms with E-state index in [1.54, 1.807) is 0 Å². The largest absolute Gasteiger partial charge is 0.312 e. The summed E-state index contributed by atoms with van der Waals surface area (Å²) in [5.74, 6) is 0. The number of benzene rings is 1. The number of nitrogens with one attached hydrogen (secondary N) is 1. The average molecular weight is 283 g/mol. The minimum absolute atomic E-state index is 0.148. The Labute approximate surface area is 123 Å². The molecule has 2 atom stereocenters. The SMILES string of the molecule is CCNC(Cc1ccc(Cl)cc1)C(C)(CC)N(C)C. The molecule has 0 aliphatic heterocycles. The van der Waals surface area contributed by atoms with Crippen LogP contribution < -0.4 is 5.32 Å². The van der Waals surface area contributed by atoms with Crippen molar-refractivity contribution in [2.24, 2.45) is 0 Å². The third-order valence-corrected chi connectivity index (χ3v) is 4.54. The summed E-state index contributed by atoms with van der Waals surface area (Å²) in [6, 6.07) is 8.62. The number of halogens is 1. The standard InChI is InChI=1S/C16H27ClN2/c1-6-16(3,19(4)5)15(18-7-2)12-13-8-10-14(17)11-9-13/h8-11,15,18H,6-7,12H2,1-5H3. The summed E-state index contributed by atoms with van der Waals surface area (Å²) >= 11 is 5.95. The van der Waals surface area contributed by atoms with Crippen LogP contribution in [0.1, 0.15) is 32.8 Å². The van der Waals surface area contributed by atoms with E-state index in [-0.39, 0.29) is 5.54 Å². The molecule has 1 N–H and O–H groups in total. The fourth-order valence-corrected chi connectivity index (χ4v) is 2.61. The number of hydrogen-bond donors (Lipinski definition) is 1. The van der Waals surface area contributed by atoms with Crippen molar-refractivity contribution in [1.82, 2.24) is 10.2 Å². The molecular formula is C16H27ClN2.